The van der Waals surface area contributed by atoms with Gasteiger partial charge in [-0.2, -0.15) is 0 Å². The largest absolute Gasteiger partial charge is 0.380 e. The Balaban J connectivity index is 1.07. The first-order valence-electron chi connectivity index (χ1n) is 11.8. The van der Waals surface area contributed by atoms with Crippen LogP contribution in [0.2, 0.25) is 0 Å². The molecule has 29 heavy (non-hydrogen) atoms. The van der Waals surface area contributed by atoms with Crippen molar-refractivity contribution in [3.63, 3.8) is 0 Å². The zero-order valence-electron chi connectivity index (χ0n) is 17.7. The van der Waals surface area contributed by atoms with E-state index in [1.807, 2.05) is 4.90 Å². The van der Waals surface area contributed by atoms with Crippen molar-refractivity contribution >= 4 is 5.91 Å². The van der Waals surface area contributed by atoms with E-state index in [2.05, 4.69) is 16.8 Å². The Morgan fingerprint density at radius 3 is 2.31 bits per heavy atom. The number of fused-ring (bicyclic) bond motifs is 1. The monoisotopic (exact) mass is 403 g/mol. The standard InChI is InChI=1S/C23H37N3O3/c1-16(25-10-12-26(13-11-25)22(27)23(28)8-9-23)17-2-4-18(5-3-17)19-6-7-21-20(14-19)24-15-29-21/h17-21,24,28H,1-15H2. The lowest BCUT2D eigenvalue weighted by molar-refractivity contribution is -0.144. The summed E-state index contributed by atoms with van der Waals surface area (Å²) in [5.41, 5.74) is 0.256. The van der Waals surface area contributed by atoms with Gasteiger partial charge in [0.2, 0.25) is 0 Å². The number of hydrogen-bond acceptors (Lipinski definition) is 5. The minimum Gasteiger partial charge on any atom is -0.380 e. The number of piperazine rings is 1. The first-order valence-corrected chi connectivity index (χ1v) is 11.8. The van der Waals surface area contributed by atoms with Crippen molar-refractivity contribution in [2.24, 2.45) is 17.8 Å². The van der Waals surface area contributed by atoms with Crippen LogP contribution in [0.25, 0.3) is 0 Å². The fourth-order valence-electron chi connectivity index (χ4n) is 6.29. The van der Waals surface area contributed by atoms with E-state index >= 15 is 0 Å². The first-order chi connectivity index (χ1) is 14.0. The number of amides is 1. The first kappa shape index (κ1) is 19.8. The van der Waals surface area contributed by atoms with Crippen LogP contribution in [0, 0.1) is 17.8 Å². The van der Waals surface area contributed by atoms with Gasteiger partial charge in [-0.05, 0) is 75.5 Å². The molecule has 0 radical (unpaired) electrons. The molecule has 5 rings (SSSR count). The summed E-state index contributed by atoms with van der Waals surface area (Å²) in [6.07, 6.45) is 10.8. The van der Waals surface area contributed by atoms with Gasteiger partial charge in [0, 0.05) is 37.9 Å². The summed E-state index contributed by atoms with van der Waals surface area (Å²) in [6, 6.07) is 0.592. The lowest BCUT2D eigenvalue weighted by Crippen LogP contribution is -2.52. The van der Waals surface area contributed by atoms with E-state index in [-0.39, 0.29) is 5.91 Å². The molecule has 2 saturated heterocycles. The van der Waals surface area contributed by atoms with E-state index in [1.165, 1.54) is 50.6 Å². The van der Waals surface area contributed by atoms with Crippen LogP contribution in [-0.4, -0.2) is 71.5 Å². The molecule has 5 fully saturated rings. The highest BCUT2D eigenvalue weighted by molar-refractivity contribution is 5.87. The highest BCUT2D eigenvalue weighted by Crippen LogP contribution is 2.43. The van der Waals surface area contributed by atoms with Crippen molar-refractivity contribution < 1.29 is 14.6 Å². The van der Waals surface area contributed by atoms with Crippen LogP contribution in [-0.2, 0) is 9.53 Å². The van der Waals surface area contributed by atoms with Gasteiger partial charge in [0.1, 0.15) is 5.60 Å². The molecule has 3 saturated carbocycles. The van der Waals surface area contributed by atoms with Crippen molar-refractivity contribution in [2.75, 3.05) is 32.9 Å². The Morgan fingerprint density at radius 2 is 1.62 bits per heavy atom. The van der Waals surface area contributed by atoms with Gasteiger partial charge in [-0.1, -0.05) is 6.58 Å². The highest BCUT2D eigenvalue weighted by atomic mass is 16.5. The summed E-state index contributed by atoms with van der Waals surface area (Å²) in [5.74, 6) is 2.28. The van der Waals surface area contributed by atoms with Gasteiger partial charge in [0.15, 0.2) is 0 Å². The zero-order chi connectivity index (χ0) is 20.0. The molecule has 0 bridgehead atoms. The second kappa shape index (κ2) is 7.86. The molecule has 0 aromatic carbocycles. The Kier molecular flexibility index (Phi) is 5.37. The minimum absolute atomic E-state index is 0.0554. The van der Waals surface area contributed by atoms with Crippen LogP contribution < -0.4 is 5.32 Å². The number of nitrogens with zero attached hydrogens (tertiary/aromatic N) is 2. The van der Waals surface area contributed by atoms with E-state index in [0.29, 0.717) is 30.9 Å². The number of carbonyl (C=O) groups excluding carboxylic acids is 1. The maximum absolute atomic E-state index is 12.3. The van der Waals surface area contributed by atoms with Gasteiger partial charge < -0.3 is 19.6 Å². The summed E-state index contributed by atoms with van der Waals surface area (Å²) in [4.78, 5) is 16.6. The molecule has 162 valence electrons. The molecular formula is C23H37N3O3. The third kappa shape index (κ3) is 3.96. The predicted molar refractivity (Wildman–Crippen MR) is 111 cm³/mol. The van der Waals surface area contributed by atoms with Crippen molar-refractivity contribution in [3.8, 4) is 0 Å². The van der Waals surface area contributed by atoms with E-state index in [0.717, 1.165) is 44.7 Å². The summed E-state index contributed by atoms with van der Waals surface area (Å²) in [6.45, 7) is 8.36. The van der Waals surface area contributed by atoms with Crippen LogP contribution >= 0.6 is 0 Å². The van der Waals surface area contributed by atoms with Crippen molar-refractivity contribution in [1.82, 2.24) is 15.1 Å². The summed E-state index contributed by atoms with van der Waals surface area (Å²) < 4.78 is 5.79. The number of nitrogens with one attached hydrogen (secondary N) is 1. The van der Waals surface area contributed by atoms with Crippen molar-refractivity contribution in [2.45, 2.75) is 75.5 Å². The van der Waals surface area contributed by atoms with Gasteiger partial charge >= 0.3 is 0 Å². The quantitative estimate of drug-likeness (QED) is 0.753. The fraction of sp³-hybridized carbons (Fsp3) is 0.870. The number of hydrogen-bond donors (Lipinski definition) is 2. The van der Waals surface area contributed by atoms with Crippen LogP contribution in [0.15, 0.2) is 12.3 Å². The van der Waals surface area contributed by atoms with Crippen LogP contribution in [0.1, 0.15) is 57.8 Å². The highest BCUT2D eigenvalue weighted by Gasteiger charge is 2.50. The van der Waals surface area contributed by atoms with Gasteiger partial charge in [-0.3, -0.25) is 10.1 Å². The number of allylic oxidation sites excluding steroid dienone is 1. The average Bonchev–Trinajstić information content (AvgIpc) is 3.34. The van der Waals surface area contributed by atoms with Crippen molar-refractivity contribution in [3.05, 3.63) is 12.3 Å². The summed E-state index contributed by atoms with van der Waals surface area (Å²) in [7, 11) is 0. The molecule has 2 aliphatic heterocycles. The number of rotatable bonds is 4. The maximum atomic E-state index is 12.3. The SMILES string of the molecule is C=C(C1CCC(C2CCC3OCNC3C2)CC1)N1CCN(C(=O)C2(O)CC2)CC1. The number of aliphatic hydroxyl groups is 1. The molecule has 2 N–H and O–H groups in total. The third-order valence-electron chi connectivity index (χ3n) is 8.47. The number of carbonyl (C=O) groups is 1. The van der Waals surface area contributed by atoms with E-state index < -0.39 is 5.60 Å². The minimum atomic E-state index is -1.03. The second-order valence-corrected chi connectivity index (χ2v) is 10.1. The fourth-order valence-corrected chi connectivity index (χ4v) is 6.29. The summed E-state index contributed by atoms with van der Waals surface area (Å²) in [5, 5.41) is 13.6. The molecule has 6 heteroatoms. The molecule has 0 spiro atoms. The van der Waals surface area contributed by atoms with Gasteiger partial charge in [-0.25, -0.2) is 0 Å². The second-order valence-electron chi connectivity index (χ2n) is 10.1. The third-order valence-corrected chi connectivity index (χ3v) is 8.47. The number of ether oxygens (including phenoxy) is 1. The molecular weight excluding hydrogens is 366 g/mol. The maximum Gasteiger partial charge on any atom is 0.254 e. The zero-order valence-corrected chi connectivity index (χ0v) is 17.7. The molecule has 5 aliphatic rings. The van der Waals surface area contributed by atoms with E-state index in [4.69, 9.17) is 4.74 Å². The lowest BCUT2D eigenvalue weighted by Gasteiger charge is -2.43. The molecule has 1 amide bonds. The molecule has 3 aliphatic carbocycles. The molecule has 0 aromatic heterocycles. The topological polar surface area (TPSA) is 65.0 Å². The van der Waals surface area contributed by atoms with Crippen molar-refractivity contribution in [1.29, 1.82) is 0 Å². The molecule has 0 aromatic rings. The summed E-state index contributed by atoms with van der Waals surface area (Å²) >= 11 is 0. The lowest BCUT2D eigenvalue weighted by atomic mass is 9.69. The Labute approximate surface area is 174 Å². The average molecular weight is 404 g/mol. The molecule has 3 atom stereocenters. The van der Waals surface area contributed by atoms with Crippen LogP contribution in [0.5, 0.6) is 0 Å². The van der Waals surface area contributed by atoms with Crippen LogP contribution in [0.3, 0.4) is 0 Å². The van der Waals surface area contributed by atoms with Gasteiger partial charge in [-0.15, -0.1) is 0 Å². The Morgan fingerprint density at radius 1 is 0.966 bits per heavy atom. The van der Waals surface area contributed by atoms with Gasteiger partial charge in [0.05, 0.1) is 12.8 Å². The molecule has 2 heterocycles. The Hall–Kier alpha value is -1.11. The van der Waals surface area contributed by atoms with E-state index in [1.54, 1.807) is 0 Å². The molecule has 3 unspecified atom stereocenters. The molecule has 6 nitrogen and oxygen atoms in total. The van der Waals surface area contributed by atoms with Gasteiger partial charge in [0.25, 0.3) is 5.91 Å². The predicted octanol–water partition coefficient (Wildman–Crippen LogP) is 2.09. The van der Waals surface area contributed by atoms with Crippen LogP contribution in [0.4, 0.5) is 0 Å². The normalized spacial score (nSPS) is 39.1. The van der Waals surface area contributed by atoms with E-state index in [9.17, 15) is 9.90 Å². The Bertz CT molecular complexity index is 633. The smallest absolute Gasteiger partial charge is 0.254 e.